The highest BCUT2D eigenvalue weighted by Crippen LogP contribution is 2.39. The van der Waals surface area contributed by atoms with E-state index < -0.39 is 41.8 Å². The Morgan fingerprint density at radius 3 is 2.67 bits per heavy atom. The van der Waals surface area contributed by atoms with Gasteiger partial charge in [-0.1, -0.05) is 36.8 Å². The van der Waals surface area contributed by atoms with Gasteiger partial charge in [-0.05, 0) is 43.0 Å². The normalized spacial score (nSPS) is 21.5. The molecular weight excluding hydrogens is 432 g/mol. The number of nitrogens with one attached hydrogen (secondary N) is 1. The van der Waals surface area contributed by atoms with E-state index in [1.807, 2.05) is 30.3 Å². The second-order valence-corrected chi connectivity index (χ2v) is 8.68. The molecule has 3 atom stereocenters. The largest absolute Gasteiger partial charge is 0.445 e. The minimum atomic E-state index is -1.50. The predicted octanol–water partition coefficient (Wildman–Crippen LogP) is 4.76. The van der Waals surface area contributed by atoms with Crippen molar-refractivity contribution in [2.75, 3.05) is 6.61 Å². The molecule has 1 saturated carbocycles. The molecule has 0 unspecified atom stereocenters. The average molecular weight is 462 g/mol. The van der Waals surface area contributed by atoms with Crippen molar-refractivity contribution in [3.05, 3.63) is 71.3 Å². The van der Waals surface area contributed by atoms with Crippen LogP contribution in [0.3, 0.4) is 0 Å². The minimum absolute atomic E-state index is 0.0377. The fraction of sp³-hybridized carbons (Fsp3) is 0.480. The molecule has 1 amide bonds. The van der Waals surface area contributed by atoms with Crippen LogP contribution in [0.4, 0.5) is 13.6 Å². The molecule has 1 heterocycles. The highest BCUT2D eigenvalue weighted by molar-refractivity contribution is 5.67. The molecule has 2 aliphatic rings. The Hall–Kier alpha value is -2.55. The lowest BCUT2D eigenvalue weighted by atomic mass is 9.94. The molecule has 0 aromatic heterocycles. The van der Waals surface area contributed by atoms with Crippen molar-refractivity contribution in [3.8, 4) is 0 Å². The average Bonchev–Trinajstić information content (AvgIpc) is 3.21. The van der Waals surface area contributed by atoms with E-state index in [1.54, 1.807) is 0 Å². The summed E-state index contributed by atoms with van der Waals surface area (Å²) in [5.74, 6) is -2.07. The van der Waals surface area contributed by atoms with Crippen molar-refractivity contribution in [1.29, 1.82) is 0 Å². The van der Waals surface area contributed by atoms with Crippen molar-refractivity contribution in [1.82, 2.24) is 5.32 Å². The van der Waals surface area contributed by atoms with E-state index in [1.165, 1.54) is 0 Å². The van der Waals surface area contributed by atoms with E-state index in [4.69, 9.17) is 14.2 Å². The maximum atomic E-state index is 14.4. The van der Waals surface area contributed by atoms with E-state index in [-0.39, 0.29) is 18.6 Å². The Bertz CT molecular complexity index is 936. The van der Waals surface area contributed by atoms with Crippen LogP contribution in [0.5, 0.6) is 0 Å². The summed E-state index contributed by atoms with van der Waals surface area (Å²) in [4.78, 5) is 12.5. The molecule has 1 aliphatic heterocycles. The van der Waals surface area contributed by atoms with Crippen LogP contribution >= 0.6 is 0 Å². The summed E-state index contributed by atoms with van der Waals surface area (Å²) in [6, 6.07) is 11.0. The van der Waals surface area contributed by atoms with Gasteiger partial charge in [-0.2, -0.15) is 0 Å². The maximum Gasteiger partial charge on any atom is 0.407 e. The first-order chi connectivity index (χ1) is 15.9. The topological polar surface area (TPSA) is 77.0 Å². The van der Waals surface area contributed by atoms with Crippen LogP contribution in [0.2, 0.25) is 0 Å². The lowest BCUT2D eigenvalue weighted by Crippen LogP contribution is -2.43. The molecule has 33 heavy (non-hydrogen) atoms. The fourth-order valence-electron chi connectivity index (χ4n) is 4.51. The standard InChI is InChI=1S/C25H29F2NO5/c26-18-9-10-21(27)20(13-18)23(29)22(28-24(30)31-15-17-7-3-1-4-8-17)14-19-16-32-25(33-19)11-5-2-6-12-25/h1,3-4,7-10,13,19,22-23,29H,2,5-6,11-12,14-16H2,(H,28,30)/t19-,22-,23+/m0/s1. The van der Waals surface area contributed by atoms with Gasteiger partial charge in [0.2, 0.25) is 0 Å². The molecule has 8 heteroatoms. The molecule has 178 valence electrons. The van der Waals surface area contributed by atoms with Crippen LogP contribution in [0.1, 0.15) is 55.8 Å². The molecule has 6 nitrogen and oxygen atoms in total. The van der Waals surface area contributed by atoms with Gasteiger partial charge in [0.05, 0.1) is 18.8 Å². The highest BCUT2D eigenvalue weighted by Gasteiger charge is 2.43. The molecule has 2 aromatic carbocycles. The van der Waals surface area contributed by atoms with Crippen LogP contribution in [0.15, 0.2) is 48.5 Å². The summed E-state index contributed by atoms with van der Waals surface area (Å²) in [5.41, 5.74) is 0.558. The third kappa shape index (κ3) is 6.07. The zero-order valence-corrected chi connectivity index (χ0v) is 18.3. The van der Waals surface area contributed by atoms with Gasteiger partial charge < -0.3 is 24.6 Å². The third-order valence-electron chi connectivity index (χ3n) is 6.22. The van der Waals surface area contributed by atoms with Gasteiger partial charge in [-0.15, -0.1) is 0 Å². The monoisotopic (exact) mass is 461 g/mol. The number of aliphatic hydroxyl groups is 1. The van der Waals surface area contributed by atoms with Crippen LogP contribution in [0, 0.1) is 11.6 Å². The van der Waals surface area contributed by atoms with E-state index in [9.17, 15) is 18.7 Å². The van der Waals surface area contributed by atoms with Gasteiger partial charge in [-0.25, -0.2) is 13.6 Å². The Balaban J connectivity index is 1.45. The van der Waals surface area contributed by atoms with Gasteiger partial charge in [0.15, 0.2) is 5.79 Å². The SMILES string of the molecule is O=C(N[C@@H](C[C@H]1COC2(CCCCC2)O1)[C@H](O)c1cc(F)ccc1F)OCc1ccccc1. The van der Waals surface area contributed by atoms with Crippen LogP contribution in [-0.2, 0) is 20.8 Å². The summed E-state index contributed by atoms with van der Waals surface area (Å²) in [6.45, 7) is 0.339. The molecule has 2 N–H and O–H groups in total. The fourth-order valence-corrected chi connectivity index (χ4v) is 4.51. The molecule has 1 saturated heterocycles. The highest BCUT2D eigenvalue weighted by atomic mass is 19.1. The van der Waals surface area contributed by atoms with Gasteiger partial charge in [-0.3, -0.25) is 0 Å². The number of amides is 1. The van der Waals surface area contributed by atoms with Gasteiger partial charge in [0, 0.05) is 18.4 Å². The molecule has 4 rings (SSSR count). The second-order valence-electron chi connectivity index (χ2n) is 8.68. The van der Waals surface area contributed by atoms with Crippen LogP contribution in [0.25, 0.3) is 0 Å². The van der Waals surface area contributed by atoms with Crippen molar-refractivity contribution in [3.63, 3.8) is 0 Å². The number of carbonyl (C=O) groups excluding carboxylic acids is 1. The van der Waals surface area contributed by atoms with Crippen molar-refractivity contribution >= 4 is 6.09 Å². The van der Waals surface area contributed by atoms with E-state index >= 15 is 0 Å². The van der Waals surface area contributed by atoms with Gasteiger partial charge >= 0.3 is 6.09 Å². The number of hydrogen-bond acceptors (Lipinski definition) is 5. The first-order valence-electron chi connectivity index (χ1n) is 11.4. The van der Waals surface area contributed by atoms with Crippen LogP contribution in [-0.4, -0.2) is 35.7 Å². The van der Waals surface area contributed by atoms with Gasteiger partial charge in [0.1, 0.15) is 24.3 Å². The van der Waals surface area contributed by atoms with Crippen LogP contribution < -0.4 is 5.32 Å². The number of rotatable bonds is 7. The third-order valence-corrected chi connectivity index (χ3v) is 6.22. The predicted molar refractivity (Wildman–Crippen MR) is 116 cm³/mol. The van der Waals surface area contributed by atoms with Crippen molar-refractivity contribution in [2.45, 2.75) is 69.2 Å². The second kappa shape index (κ2) is 10.6. The van der Waals surface area contributed by atoms with Crippen molar-refractivity contribution < 1.29 is 32.9 Å². The molecule has 1 aliphatic carbocycles. The summed E-state index contributed by atoms with van der Waals surface area (Å²) in [5, 5.41) is 13.5. The first kappa shape index (κ1) is 23.6. The number of benzene rings is 2. The molecule has 0 radical (unpaired) electrons. The summed E-state index contributed by atoms with van der Waals surface area (Å²) in [6.07, 6.45) is 2.21. The number of carbonyl (C=O) groups is 1. The molecule has 2 fully saturated rings. The molecular formula is C25H29F2NO5. The number of hydrogen-bond donors (Lipinski definition) is 2. The van der Waals surface area contributed by atoms with Crippen molar-refractivity contribution in [2.24, 2.45) is 0 Å². The molecule has 1 spiro atoms. The molecule has 0 bridgehead atoms. The lowest BCUT2D eigenvalue weighted by Gasteiger charge is -2.32. The Labute approximate surface area is 191 Å². The Morgan fingerprint density at radius 2 is 1.91 bits per heavy atom. The van der Waals surface area contributed by atoms with E-state index in [0.717, 1.165) is 55.9 Å². The summed E-state index contributed by atoms with van der Waals surface area (Å²) in [7, 11) is 0. The summed E-state index contributed by atoms with van der Waals surface area (Å²) < 4.78 is 45.5. The summed E-state index contributed by atoms with van der Waals surface area (Å²) >= 11 is 0. The maximum absolute atomic E-state index is 14.4. The zero-order valence-electron chi connectivity index (χ0n) is 18.3. The number of aliphatic hydroxyl groups excluding tert-OH is 1. The van der Waals surface area contributed by atoms with E-state index in [0.29, 0.717) is 6.61 Å². The first-order valence-corrected chi connectivity index (χ1v) is 11.4. The van der Waals surface area contributed by atoms with E-state index in [2.05, 4.69) is 5.32 Å². The minimum Gasteiger partial charge on any atom is -0.445 e. The lowest BCUT2D eigenvalue weighted by molar-refractivity contribution is -0.188. The number of ether oxygens (including phenoxy) is 3. The Kier molecular flexibility index (Phi) is 7.57. The molecule has 2 aromatic rings. The van der Waals surface area contributed by atoms with Gasteiger partial charge in [0.25, 0.3) is 0 Å². The number of halogens is 2. The smallest absolute Gasteiger partial charge is 0.407 e. The number of alkyl carbamates (subject to hydrolysis) is 1. The zero-order chi connectivity index (χ0) is 23.3. The Morgan fingerprint density at radius 1 is 1.15 bits per heavy atom. The quantitative estimate of drug-likeness (QED) is 0.622.